The van der Waals surface area contributed by atoms with E-state index in [-0.39, 0.29) is 5.97 Å². The molecule has 0 amide bonds. The Hall–Kier alpha value is -0.790. The molecule has 0 radical (unpaired) electrons. The minimum atomic E-state index is -0.263. The highest BCUT2D eigenvalue weighted by molar-refractivity contribution is 5.81. The molecular weight excluding hydrogens is 452 g/mol. The summed E-state index contributed by atoms with van der Waals surface area (Å²) < 4.78 is 5.42. The van der Waals surface area contributed by atoms with E-state index >= 15 is 0 Å². The Balaban J connectivity index is 3.69. The Morgan fingerprint density at radius 2 is 0.784 bits per heavy atom. The lowest BCUT2D eigenvalue weighted by Crippen LogP contribution is -2.13. The van der Waals surface area contributed by atoms with Gasteiger partial charge >= 0.3 is 5.97 Å². The van der Waals surface area contributed by atoms with Crippen molar-refractivity contribution < 1.29 is 9.53 Å². The van der Waals surface area contributed by atoms with Crippen LogP contribution < -0.4 is 0 Å². The molecule has 0 saturated carbocycles. The van der Waals surface area contributed by atoms with Gasteiger partial charge < -0.3 is 4.74 Å². The van der Waals surface area contributed by atoms with Crippen LogP contribution in [0.25, 0.3) is 0 Å². The summed E-state index contributed by atoms with van der Waals surface area (Å²) in [5.41, 5.74) is 0. The highest BCUT2D eigenvalue weighted by atomic mass is 16.5. The monoisotopic (exact) mass is 521 g/mol. The molecule has 0 aromatic heterocycles. The average Bonchev–Trinajstić information content (AvgIpc) is 2.91. The van der Waals surface area contributed by atoms with Gasteiger partial charge in [-0.05, 0) is 18.8 Å². The van der Waals surface area contributed by atoms with Crippen molar-refractivity contribution in [3.63, 3.8) is 0 Å². The van der Waals surface area contributed by atoms with Crippen molar-refractivity contribution in [3.05, 3.63) is 12.7 Å². The second kappa shape index (κ2) is 31.4. The first-order chi connectivity index (χ1) is 18.2. The van der Waals surface area contributed by atoms with Gasteiger partial charge in [0.25, 0.3) is 0 Å². The molecule has 1 atom stereocenters. The number of hydrogen-bond donors (Lipinski definition) is 0. The van der Waals surface area contributed by atoms with Gasteiger partial charge in [-0.15, -0.1) is 0 Å². The van der Waals surface area contributed by atoms with Gasteiger partial charge in [-0.2, -0.15) is 0 Å². The van der Waals surface area contributed by atoms with Gasteiger partial charge in [0, 0.05) is 6.08 Å². The van der Waals surface area contributed by atoms with E-state index in [0.717, 1.165) is 0 Å². The maximum absolute atomic E-state index is 11.6. The van der Waals surface area contributed by atoms with Gasteiger partial charge in [-0.1, -0.05) is 187 Å². The first-order valence-corrected chi connectivity index (χ1v) is 17.0. The Bertz CT molecular complexity index is 458. The molecule has 0 heterocycles. The molecule has 0 spiro atoms. The van der Waals surface area contributed by atoms with E-state index in [1.807, 2.05) is 0 Å². The fourth-order valence-corrected chi connectivity index (χ4v) is 5.47. The fraction of sp³-hybridized carbons (Fsp3) is 0.914. The predicted molar refractivity (Wildman–Crippen MR) is 165 cm³/mol. The standard InChI is InChI=1S/C35H68O2/c1-4-7-9-11-13-15-17-19-20-22-24-26-28-30-32-34(33-37-35(36)6-3)31-29-27-25-23-21-18-16-14-12-10-8-5-2/h6,34H,3-5,7-33H2,1-2H3. The van der Waals surface area contributed by atoms with Crippen molar-refractivity contribution in [2.24, 2.45) is 5.92 Å². The second-order valence-corrected chi connectivity index (χ2v) is 11.8. The van der Waals surface area contributed by atoms with Crippen LogP contribution in [0.5, 0.6) is 0 Å². The van der Waals surface area contributed by atoms with Crippen molar-refractivity contribution in [3.8, 4) is 0 Å². The molecule has 0 N–H and O–H groups in total. The zero-order valence-corrected chi connectivity index (χ0v) is 25.7. The number of carbonyl (C=O) groups is 1. The van der Waals surface area contributed by atoms with Crippen molar-refractivity contribution in [1.82, 2.24) is 0 Å². The molecule has 1 unspecified atom stereocenters. The van der Waals surface area contributed by atoms with E-state index in [1.165, 1.54) is 186 Å². The number of carbonyl (C=O) groups excluding carboxylic acids is 1. The predicted octanol–water partition coefficient (Wildman–Crippen LogP) is 12.3. The number of hydrogen-bond acceptors (Lipinski definition) is 2. The SMILES string of the molecule is C=CC(=O)OCC(CCCCCCCCCCCCCC)CCCCCCCCCCCCCCCC. The maximum Gasteiger partial charge on any atom is 0.330 e. The molecule has 0 aromatic rings. The summed E-state index contributed by atoms with van der Waals surface area (Å²) in [5, 5.41) is 0. The molecule has 2 heteroatoms. The number of rotatable bonds is 31. The van der Waals surface area contributed by atoms with Crippen LogP contribution in [0.2, 0.25) is 0 Å². The van der Waals surface area contributed by atoms with E-state index in [2.05, 4.69) is 20.4 Å². The Kier molecular flexibility index (Phi) is 30.8. The third kappa shape index (κ3) is 29.6. The fourth-order valence-electron chi connectivity index (χ4n) is 5.47. The van der Waals surface area contributed by atoms with Crippen LogP contribution in [0.3, 0.4) is 0 Å². The first kappa shape index (κ1) is 36.2. The summed E-state index contributed by atoms with van der Waals surface area (Å²) in [6, 6.07) is 0. The zero-order chi connectivity index (χ0) is 27.1. The minimum Gasteiger partial charge on any atom is -0.462 e. The summed E-state index contributed by atoms with van der Waals surface area (Å²) in [5.74, 6) is 0.269. The van der Waals surface area contributed by atoms with Crippen molar-refractivity contribution in [1.29, 1.82) is 0 Å². The second-order valence-electron chi connectivity index (χ2n) is 11.8. The topological polar surface area (TPSA) is 26.3 Å². The number of esters is 1. The highest BCUT2D eigenvalue weighted by Gasteiger charge is 2.11. The van der Waals surface area contributed by atoms with Gasteiger partial charge in [0.05, 0.1) is 6.61 Å². The van der Waals surface area contributed by atoms with E-state index in [0.29, 0.717) is 12.5 Å². The van der Waals surface area contributed by atoms with E-state index in [1.54, 1.807) is 0 Å². The van der Waals surface area contributed by atoms with E-state index in [9.17, 15) is 4.79 Å². The smallest absolute Gasteiger partial charge is 0.330 e. The molecule has 37 heavy (non-hydrogen) atoms. The molecule has 2 nitrogen and oxygen atoms in total. The molecule has 0 aliphatic rings. The molecule has 0 rings (SSSR count). The highest BCUT2D eigenvalue weighted by Crippen LogP contribution is 2.21. The van der Waals surface area contributed by atoms with E-state index < -0.39 is 0 Å². The molecule has 0 aliphatic heterocycles. The van der Waals surface area contributed by atoms with Crippen LogP contribution in [-0.2, 0) is 9.53 Å². The Morgan fingerprint density at radius 1 is 0.514 bits per heavy atom. The summed E-state index contributed by atoms with van der Waals surface area (Å²) in [4.78, 5) is 11.6. The molecule has 0 aliphatic carbocycles. The quantitative estimate of drug-likeness (QED) is 0.0516. The summed E-state index contributed by atoms with van der Waals surface area (Å²) >= 11 is 0. The van der Waals surface area contributed by atoms with Gasteiger partial charge in [0.2, 0.25) is 0 Å². The lowest BCUT2D eigenvalue weighted by atomic mass is 9.94. The van der Waals surface area contributed by atoms with Crippen molar-refractivity contribution >= 4 is 5.97 Å². The van der Waals surface area contributed by atoms with Crippen LogP contribution in [0.15, 0.2) is 12.7 Å². The molecule has 220 valence electrons. The molecule has 0 aromatic carbocycles. The zero-order valence-electron chi connectivity index (χ0n) is 25.7. The normalized spacial score (nSPS) is 12.1. The Morgan fingerprint density at radius 3 is 1.05 bits per heavy atom. The molecule has 0 bridgehead atoms. The lowest BCUT2D eigenvalue weighted by Gasteiger charge is -2.16. The summed E-state index contributed by atoms with van der Waals surface area (Å²) in [7, 11) is 0. The largest absolute Gasteiger partial charge is 0.462 e. The van der Waals surface area contributed by atoms with Crippen LogP contribution >= 0.6 is 0 Å². The van der Waals surface area contributed by atoms with Gasteiger partial charge in [0.15, 0.2) is 0 Å². The third-order valence-corrected chi connectivity index (χ3v) is 8.06. The first-order valence-electron chi connectivity index (χ1n) is 17.0. The van der Waals surface area contributed by atoms with E-state index in [4.69, 9.17) is 4.74 Å². The van der Waals surface area contributed by atoms with Gasteiger partial charge in [0.1, 0.15) is 0 Å². The minimum absolute atomic E-state index is 0.263. The van der Waals surface area contributed by atoms with Crippen LogP contribution in [0, 0.1) is 5.92 Å². The molecule has 0 saturated heterocycles. The number of ether oxygens (including phenoxy) is 1. The molecular formula is C35H68O2. The third-order valence-electron chi connectivity index (χ3n) is 8.06. The lowest BCUT2D eigenvalue weighted by molar-refractivity contribution is -0.139. The summed E-state index contributed by atoms with van der Waals surface area (Å²) in [6.07, 6.45) is 40.0. The maximum atomic E-state index is 11.6. The average molecular weight is 521 g/mol. The van der Waals surface area contributed by atoms with Crippen LogP contribution in [0.1, 0.15) is 194 Å². The number of unbranched alkanes of at least 4 members (excludes halogenated alkanes) is 24. The van der Waals surface area contributed by atoms with Crippen molar-refractivity contribution in [2.45, 2.75) is 194 Å². The van der Waals surface area contributed by atoms with Crippen LogP contribution in [-0.4, -0.2) is 12.6 Å². The molecule has 0 fully saturated rings. The van der Waals surface area contributed by atoms with Crippen molar-refractivity contribution in [2.75, 3.05) is 6.61 Å². The van der Waals surface area contributed by atoms with Gasteiger partial charge in [-0.25, -0.2) is 4.79 Å². The summed E-state index contributed by atoms with van der Waals surface area (Å²) in [6.45, 7) is 8.71. The van der Waals surface area contributed by atoms with Gasteiger partial charge in [-0.3, -0.25) is 0 Å². The Labute approximate surface area is 234 Å². The van der Waals surface area contributed by atoms with Crippen LogP contribution in [0.4, 0.5) is 0 Å².